The highest BCUT2D eigenvalue weighted by Gasteiger charge is 2.33. The summed E-state index contributed by atoms with van der Waals surface area (Å²) in [6.07, 6.45) is 3.45. The number of hydrogen-bond donors (Lipinski definition) is 2. The third kappa shape index (κ3) is 2.47. The van der Waals surface area contributed by atoms with Crippen LogP contribution in [0.25, 0.3) is 10.9 Å². The van der Waals surface area contributed by atoms with Crippen molar-refractivity contribution in [3.63, 3.8) is 0 Å². The lowest BCUT2D eigenvalue weighted by atomic mass is 10.1. The smallest absolute Gasteiger partial charge is 0.270 e. The molecule has 3 rings (SSSR count). The monoisotopic (exact) mass is 289 g/mol. The van der Waals surface area contributed by atoms with Gasteiger partial charge in [0.2, 0.25) is 0 Å². The van der Waals surface area contributed by atoms with Gasteiger partial charge in [0.15, 0.2) is 0 Å². The molecule has 0 radical (unpaired) electrons. The van der Waals surface area contributed by atoms with Crippen LogP contribution in [-0.4, -0.2) is 45.0 Å². The summed E-state index contributed by atoms with van der Waals surface area (Å²) in [4.78, 5) is 27.6. The van der Waals surface area contributed by atoms with E-state index in [9.17, 15) is 14.9 Å². The number of hydrogen-bond acceptors (Lipinski definition) is 4. The predicted molar refractivity (Wildman–Crippen MR) is 76.1 cm³/mol. The lowest BCUT2D eigenvalue weighted by Crippen LogP contribution is -2.35. The van der Waals surface area contributed by atoms with Crippen molar-refractivity contribution in [2.75, 3.05) is 13.2 Å². The lowest BCUT2D eigenvalue weighted by Gasteiger charge is -2.20. The van der Waals surface area contributed by atoms with Crippen LogP contribution in [0.4, 0.5) is 5.69 Å². The Bertz CT molecular complexity index is 705. The normalized spacial score (nSPS) is 14.3. The van der Waals surface area contributed by atoms with Gasteiger partial charge in [-0.15, -0.1) is 0 Å². The third-order valence-corrected chi connectivity index (χ3v) is 3.70. The van der Waals surface area contributed by atoms with Crippen molar-refractivity contribution in [1.82, 2.24) is 9.88 Å². The van der Waals surface area contributed by atoms with Gasteiger partial charge in [-0.3, -0.25) is 14.9 Å². The van der Waals surface area contributed by atoms with E-state index in [0.717, 1.165) is 12.8 Å². The van der Waals surface area contributed by atoms with Crippen LogP contribution in [0.3, 0.4) is 0 Å². The van der Waals surface area contributed by atoms with E-state index in [1.54, 1.807) is 17.2 Å². The molecule has 7 nitrogen and oxygen atoms in total. The van der Waals surface area contributed by atoms with Gasteiger partial charge in [-0.2, -0.15) is 0 Å². The Labute approximate surface area is 120 Å². The number of carbonyl (C=O) groups excluding carboxylic acids is 1. The SMILES string of the molecule is O=C(c1c[nH]c2ccc([N+](=O)[O-])cc12)N(CCO)C1CC1. The van der Waals surface area contributed by atoms with Crippen LogP contribution in [0, 0.1) is 10.1 Å². The van der Waals surface area contributed by atoms with Gasteiger partial charge in [-0.05, 0) is 18.9 Å². The number of carbonyl (C=O) groups is 1. The summed E-state index contributed by atoms with van der Waals surface area (Å²) < 4.78 is 0. The topological polar surface area (TPSA) is 99.5 Å². The average molecular weight is 289 g/mol. The van der Waals surface area contributed by atoms with Crippen LogP contribution >= 0.6 is 0 Å². The van der Waals surface area contributed by atoms with Gasteiger partial charge in [0.25, 0.3) is 11.6 Å². The van der Waals surface area contributed by atoms with Crippen LogP contribution in [-0.2, 0) is 0 Å². The molecular formula is C14H15N3O4. The predicted octanol–water partition coefficient (Wildman–Crippen LogP) is 1.67. The fraction of sp³-hybridized carbons (Fsp3) is 0.357. The molecule has 110 valence electrons. The molecule has 21 heavy (non-hydrogen) atoms. The number of rotatable bonds is 5. The lowest BCUT2D eigenvalue weighted by molar-refractivity contribution is -0.384. The van der Waals surface area contributed by atoms with Crippen molar-refractivity contribution >= 4 is 22.5 Å². The molecule has 0 spiro atoms. The first kappa shape index (κ1) is 13.6. The second-order valence-electron chi connectivity index (χ2n) is 5.14. The Hall–Kier alpha value is -2.41. The highest BCUT2D eigenvalue weighted by molar-refractivity contribution is 6.07. The fourth-order valence-corrected chi connectivity index (χ4v) is 2.50. The van der Waals surface area contributed by atoms with E-state index >= 15 is 0 Å². The number of aromatic nitrogens is 1. The number of non-ortho nitro benzene ring substituents is 1. The Balaban J connectivity index is 2.00. The van der Waals surface area contributed by atoms with Gasteiger partial charge in [-0.25, -0.2) is 0 Å². The number of aromatic amines is 1. The maximum absolute atomic E-state index is 12.6. The number of benzene rings is 1. The van der Waals surface area contributed by atoms with E-state index < -0.39 is 4.92 Å². The summed E-state index contributed by atoms with van der Waals surface area (Å²) in [5.74, 6) is -0.196. The zero-order valence-electron chi connectivity index (χ0n) is 11.3. The molecule has 1 amide bonds. The molecule has 7 heteroatoms. The molecule has 1 aromatic heterocycles. The number of aliphatic hydroxyl groups is 1. The molecule has 0 aliphatic heterocycles. The Morgan fingerprint density at radius 3 is 2.86 bits per heavy atom. The van der Waals surface area contributed by atoms with Gasteiger partial charge < -0.3 is 15.0 Å². The standard InChI is InChI=1S/C14H15N3O4/c18-6-5-16(9-1-2-9)14(19)12-8-15-13-4-3-10(17(20)21)7-11(12)13/h3-4,7-9,15,18H,1-2,5-6H2. The van der Waals surface area contributed by atoms with E-state index in [-0.39, 0.29) is 30.8 Å². The van der Waals surface area contributed by atoms with E-state index in [1.807, 2.05) is 0 Å². The molecule has 0 bridgehead atoms. The number of amides is 1. The zero-order chi connectivity index (χ0) is 15.0. The number of nitrogens with zero attached hydrogens (tertiary/aromatic N) is 2. The van der Waals surface area contributed by atoms with Crippen molar-refractivity contribution in [1.29, 1.82) is 0 Å². The first-order valence-electron chi connectivity index (χ1n) is 6.79. The summed E-state index contributed by atoms with van der Waals surface area (Å²) in [5, 5.41) is 20.5. The van der Waals surface area contributed by atoms with Crippen LogP contribution < -0.4 is 0 Å². The molecular weight excluding hydrogens is 274 g/mol. The Kier molecular flexibility index (Phi) is 3.34. The van der Waals surface area contributed by atoms with Crippen LogP contribution in [0.2, 0.25) is 0 Å². The van der Waals surface area contributed by atoms with E-state index in [4.69, 9.17) is 5.11 Å². The minimum atomic E-state index is -0.479. The Morgan fingerprint density at radius 1 is 1.48 bits per heavy atom. The fourth-order valence-electron chi connectivity index (χ4n) is 2.50. The summed E-state index contributed by atoms with van der Waals surface area (Å²) in [6, 6.07) is 4.58. The van der Waals surface area contributed by atoms with Crippen molar-refractivity contribution in [3.05, 3.63) is 40.1 Å². The highest BCUT2D eigenvalue weighted by Crippen LogP contribution is 2.30. The summed E-state index contributed by atoms with van der Waals surface area (Å²) in [6.45, 7) is 0.190. The molecule has 0 saturated heterocycles. The number of nitro groups is 1. The van der Waals surface area contributed by atoms with E-state index in [0.29, 0.717) is 16.5 Å². The quantitative estimate of drug-likeness (QED) is 0.646. The number of fused-ring (bicyclic) bond motifs is 1. The molecule has 1 heterocycles. The number of nitro benzene ring substituents is 1. The minimum Gasteiger partial charge on any atom is -0.395 e. The molecule has 1 aromatic carbocycles. The van der Waals surface area contributed by atoms with Crippen molar-refractivity contribution in [2.45, 2.75) is 18.9 Å². The maximum Gasteiger partial charge on any atom is 0.270 e. The van der Waals surface area contributed by atoms with E-state index in [1.165, 1.54) is 12.1 Å². The molecule has 2 N–H and O–H groups in total. The van der Waals surface area contributed by atoms with Crippen LogP contribution in [0.1, 0.15) is 23.2 Å². The number of aliphatic hydroxyl groups excluding tert-OH is 1. The molecule has 0 unspecified atom stereocenters. The summed E-state index contributed by atoms with van der Waals surface area (Å²) >= 11 is 0. The Morgan fingerprint density at radius 2 is 2.24 bits per heavy atom. The minimum absolute atomic E-state index is 0.0451. The summed E-state index contributed by atoms with van der Waals surface area (Å²) in [7, 11) is 0. The molecule has 2 aromatic rings. The summed E-state index contributed by atoms with van der Waals surface area (Å²) in [5.41, 5.74) is 1.05. The first-order chi connectivity index (χ1) is 10.1. The number of H-pyrrole nitrogens is 1. The zero-order valence-corrected chi connectivity index (χ0v) is 11.3. The van der Waals surface area contributed by atoms with Crippen molar-refractivity contribution < 1.29 is 14.8 Å². The second-order valence-corrected chi connectivity index (χ2v) is 5.14. The molecule has 0 atom stereocenters. The molecule has 1 saturated carbocycles. The van der Waals surface area contributed by atoms with Crippen LogP contribution in [0.5, 0.6) is 0 Å². The van der Waals surface area contributed by atoms with E-state index in [2.05, 4.69) is 4.98 Å². The van der Waals surface area contributed by atoms with Gasteiger partial charge >= 0.3 is 0 Å². The second kappa shape index (κ2) is 5.17. The molecule has 1 aliphatic rings. The third-order valence-electron chi connectivity index (χ3n) is 3.70. The largest absolute Gasteiger partial charge is 0.395 e. The van der Waals surface area contributed by atoms with Gasteiger partial charge in [0, 0.05) is 41.8 Å². The highest BCUT2D eigenvalue weighted by atomic mass is 16.6. The van der Waals surface area contributed by atoms with Gasteiger partial charge in [-0.1, -0.05) is 0 Å². The number of nitrogens with one attached hydrogen (secondary N) is 1. The maximum atomic E-state index is 12.6. The van der Waals surface area contributed by atoms with Gasteiger partial charge in [0.05, 0.1) is 17.1 Å². The van der Waals surface area contributed by atoms with Crippen molar-refractivity contribution in [3.8, 4) is 0 Å². The van der Waals surface area contributed by atoms with Gasteiger partial charge in [0.1, 0.15) is 0 Å². The van der Waals surface area contributed by atoms with Crippen LogP contribution in [0.15, 0.2) is 24.4 Å². The molecule has 1 fully saturated rings. The van der Waals surface area contributed by atoms with Crippen molar-refractivity contribution in [2.24, 2.45) is 0 Å². The molecule has 1 aliphatic carbocycles. The first-order valence-corrected chi connectivity index (χ1v) is 6.79. The average Bonchev–Trinajstić information content (AvgIpc) is 3.22.